The van der Waals surface area contributed by atoms with Crippen LogP contribution < -0.4 is 11.1 Å². The summed E-state index contributed by atoms with van der Waals surface area (Å²) in [6.07, 6.45) is 0. The number of nitrogens with two attached hydrogens (primary N) is 1. The predicted octanol–water partition coefficient (Wildman–Crippen LogP) is 2.91. The Balaban J connectivity index is 1.95. The maximum Gasteiger partial charge on any atom is 0.251 e. The number of thiophene rings is 1. The third kappa shape index (κ3) is 3.22. The molecule has 0 radical (unpaired) electrons. The van der Waals surface area contributed by atoms with Crippen molar-refractivity contribution in [1.82, 2.24) is 5.32 Å². The Kier molecular flexibility index (Phi) is 3.66. The fourth-order valence-electron chi connectivity index (χ4n) is 1.35. The lowest BCUT2D eigenvalue weighted by Crippen LogP contribution is -2.22. The molecule has 0 bridgehead atoms. The molecule has 0 aliphatic heterocycles. The van der Waals surface area contributed by atoms with E-state index in [-0.39, 0.29) is 5.91 Å². The highest BCUT2D eigenvalue weighted by Gasteiger charge is 2.05. The molecule has 17 heavy (non-hydrogen) atoms. The first-order valence-corrected chi connectivity index (χ1v) is 6.22. The van der Waals surface area contributed by atoms with Gasteiger partial charge in [0.05, 0.1) is 10.9 Å². The quantitative estimate of drug-likeness (QED) is 0.840. The summed E-state index contributed by atoms with van der Waals surface area (Å²) in [5.41, 5.74) is 6.79. The maximum absolute atomic E-state index is 11.8. The lowest BCUT2D eigenvalue weighted by Gasteiger charge is -2.03. The number of hydrogen-bond acceptors (Lipinski definition) is 3. The molecule has 0 spiro atoms. The molecule has 1 aromatic heterocycles. The number of nitrogens with one attached hydrogen (secondary N) is 1. The summed E-state index contributed by atoms with van der Waals surface area (Å²) in [5.74, 6) is -0.116. The minimum Gasteiger partial charge on any atom is -0.399 e. The van der Waals surface area contributed by atoms with Crippen LogP contribution in [0.2, 0.25) is 4.34 Å². The average molecular weight is 267 g/mol. The molecule has 0 unspecified atom stereocenters. The van der Waals surface area contributed by atoms with Crippen molar-refractivity contribution in [3.63, 3.8) is 0 Å². The number of benzene rings is 1. The summed E-state index contributed by atoms with van der Waals surface area (Å²) in [4.78, 5) is 12.8. The second-order valence-electron chi connectivity index (χ2n) is 3.51. The fraction of sp³-hybridized carbons (Fsp3) is 0.0833. The molecule has 0 saturated carbocycles. The van der Waals surface area contributed by atoms with Gasteiger partial charge < -0.3 is 11.1 Å². The van der Waals surface area contributed by atoms with Crippen molar-refractivity contribution in [2.24, 2.45) is 0 Å². The molecule has 0 atom stereocenters. The van der Waals surface area contributed by atoms with Crippen molar-refractivity contribution in [2.75, 3.05) is 5.73 Å². The zero-order valence-electron chi connectivity index (χ0n) is 8.94. The number of carbonyl (C=O) groups is 1. The second-order valence-corrected chi connectivity index (χ2v) is 5.31. The van der Waals surface area contributed by atoms with Crippen molar-refractivity contribution in [2.45, 2.75) is 6.54 Å². The van der Waals surface area contributed by atoms with Gasteiger partial charge in [-0.1, -0.05) is 11.6 Å². The van der Waals surface area contributed by atoms with Crippen molar-refractivity contribution >= 4 is 34.5 Å². The van der Waals surface area contributed by atoms with E-state index in [1.165, 1.54) is 11.3 Å². The maximum atomic E-state index is 11.8. The van der Waals surface area contributed by atoms with Crippen LogP contribution in [0, 0.1) is 0 Å². The van der Waals surface area contributed by atoms with E-state index >= 15 is 0 Å². The van der Waals surface area contributed by atoms with Gasteiger partial charge in [-0.15, -0.1) is 11.3 Å². The zero-order valence-corrected chi connectivity index (χ0v) is 10.5. The molecule has 0 aliphatic carbocycles. The SMILES string of the molecule is Nc1ccc(C(=O)NCc2ccc(Cl)s2)cc1. The smallest absolute Gasteiger partial charge is 0.251 e. The Bertz CT molecular complexity index is 522. The standard InChI is InChI=1S/C12H11ClN2OS/c13-11-6-5-10(17-11)7-15-12(16)8-1-3-9(14)4-2-8/h1-6H,7,14H2,(H,15,16). The molecule has 1 amide bonds. The van der Waals surface area contributed by atoms with Gasteiger partial charge in [0.25, 0.3) is 5.91 Å². The van der Waals surface area contributed by atoms with Crippen LogP contribution in [0.1, 0.15) is 15.2 Å². The third-order valence-corrected chi connectivity index (χ3v) is 3.46. The Hall–Kier alpha value is -1.52. The number of hydrogen-bond donors (Lipinski definition) is 2. The van der Waals surface area contributed by atoms with E-state index in [1.807, 2.05) is 12.1 Å². The lowest BCUT2D eigenvalue weighted by molar-refractivity contribution is 0.0951. The predicted molar refractivity (Wildman–Crippen MR) is 71.4 cm³/mol. The van der Waals surface area contributed by atoms with Gasteiger partial charge in [0.2, 0.25) is 0 Å². The van der Waals surface area contributed by atoms with Gasteiger partial charge in [-0.05, 0) is 36.4 Å². The van der Waals surface area contributed by atoms with Crippen LogP contribution in [0.15, 0.2) is 36.4 Å². The van der Waals surface area contributed by atoms with Crippen LogP contribution in [0.3, 0.4) is 0 Å². The van der Waals surface area contributed by atoms with Crippen LogP contribution in [0.25, 0.3) is 0 Å². The van der Waals surface area contributed by atoms with Crippen molar-refractivity contribution in [3.8, 4) is 0 Å². The molecule has 1 aromatic carbocycles. The topological polar surface area (TPSA) is 55.1 Å². The minimum atomic E-state index is -0.116. The van der Waals surface area contributed by atoms with Crippen LogP contribution in [0.4, 0.5) is 5.69 Å². The monoisotopic (exact) mass is 266 g/mol. The van der Waals surface area contributed by atoms with Gasteiger partial charge in [0.15, 0.2) is 0 Å². The van der Waals surface area contributed by atoms with Gasteiger partial charge in [-0.3, -0.25) is 4.79 Å². The van der Waals surface area contributed by atoms with Crippen LogP contribution in [-0.2, 0) is 6.54 Å². The molecule has 2 aromatic rings. The molecule has 0 fully saturated rings. The minimum absolute atomic E-state index is 0.116. The van der Waals surface area contributed by atoms with Gasteiger partial charge in [0, 0.05) is 16.1 Å². The largest absolute Gasteiger partial charge is 0.399 e. The lowest BCUT2D eigenvalue weighted by atomic mass is 10.2. The van der Waals surface area contributed by atoms with Crippen LogP contribution >= 0.6 is 22.9 Å². The summed E-state index contributed by atoms with van der Waals surface area (Å²) in [6.45, 7) is 0.487. The van der Waals surface area contributed by atoms with Gasteiger partial charge in [-0.25, -0.2) is 0 Å². The van der Waals surface area contributed by atoms with E-state index in [0.717, 1.165) is 9.21 Å². The fourth-order valence-corrected chi connectivity index (χ4v) is 2.38. The molecule has 3 N–H and O–H groups in total. The summed E-state index contributed by atoms with van der Waals surface area (Å²) in [7, 11) is 0. The first-order chi connectivity index (χ1) is 8.15. The number of nitrogen functional groups attached to an aromatic ring is 1. The van der Waals surface area contributed by atoms with Crippen molar-refractivity contribution < 1.29 is 4.79 Å². The van der Waals surface area contributed by atoms with E-state index in [9.17, 15) is 4.79 Å². The number of halogens is 1. The molecular formula is C12H11ClN2OS. The van der Waals surface area contributed by atoms with E-state index < -0.39 is 0 Å². The van der Waals surface area contributed by atoms with E-state index in [2.05, 4.69) is 5.32 Å². The van der Waals surface area contributed by atoms with E-state index in [1.54, 1.807) is 24.3 Å². The summed E-state index contributed by atoms with van der Waals surface area (Å²) >= 11 is 7.26. The summed E-state index contributed by atoms with van der Waals surface area (Å²) in [6, 6.07) is 10.5. The highest BCUT2D eigenvalue weighted by Crippen LogP contribution is 2.21. The Morgan fingerprint density at radius 1 is 1.24 bits per heavy atom. The average Bonchev–Trinajstić information content (AvgIpc) is 2.73. The molecule has 1 heterocycles. The van der Waals surface area contributed by atoms with E-state index in [4.69, 9.17) is 17.3 Å². The third-order valence-electron chi connectivity index (χ3n) is 2.22. The molecule has 5 heteroatoms. The number of rotatable bonds is 3. The first-order valence-electron chi connectivity index (χ1n) is 5.03. The highest BCUT2D eigenvalue weighted by molar-refractivity contribution is 7.16. The molecule has 0 saturated heterocycles. The van der Waals surface area contributed by atoms with Crippen LogP contribution in [-0.4, -0.2) is 5.91 Å². The zero-order chi connectivity index (χ0) is 12.3. The summed E-state index contributed by atoms with van der Waals surface area (Å²) < 4.78 is 0.724. The number of anilines is 1. The highest BCUT2D eigenvalue weighted by atomic mass is 35.5. The Morgan fingerprint density at radius 2 is 1.94 bits per heavy atom. The van der Waals surface area contributed by atoms with Crippen LogP contribution in [0.5, 0.6) is 0 Å². The van der Waals surface area contributed by atoms with Gasteiger partial charge in [0.1, 0.15) is 0 Å². The molecule has 0 aliphatic rings. The Labute approximate surface area is 108 Å². The van der Waals surface area contributed by atoms with Crippen molar-refractivity contribution in [3.05, 3.63) is 51.2 Å². The first kappa shape index (κ1) is 12.0. The normalized spacial score (nSPS) is 10.2. The Morgan fingerprint density at radius 3 is 2.53 bits per heavy atom. The molecule has 2 rings (SSSR count). The van der Waals surface area contributed by atoms with E-state index in [0.29, 0.717) is 17.8 Å². The van der Waals surface area contributed by atoms with Crippen molar-refractivity contribution in [1.29, 1.82) is 0 Å². The summed E-state index contributed by atoms with van der Waals surface area (Å²) in [5, 5.41) is 2.82. The molecular weight excluding hydrogens is 256 g/mol. The number of carbonyl (C=O) groups excluding carboxylic acids is 1. The molecule has 88 valence electrons. The second kappa shape index (κ2) is 5.21. The van der Waals surface area contributed by atoms with Gasteiger partial charge in [-0.2, -0.15) is 0 Å². The molecule has 3 nitrogen and oxygen atoms in total. The number of amides is 1. The van der Waals surface area contributed by atoms with Gasteiger partial charge >= 0.3 is 0 Å².